The highest BCUT2D eigenvalue weighted by Gasteiger charge is 2.23. The first-order chi connectivity index (χ1) is 9.43. The van der Waals surface area contributed by atoms with Gasteiger partial charge in [0.1, 0.15) is 4.90 Å². The van der Waals surface area contributed by atoms with Gasteiger partial charge in [-0.25, -0.2) is 13.6 Å². The second kappa shape index (κ2) is 5.99. The first-order valence-corrected chi connectivity index (χ1v) is 8.25. The predicted octanol–water partition coefficient (Wildman–Crippen LogP) is 0.515. The Morgan fingerprint density at radius 1 is 1.40 bits per heavy atom. The molecule has 0 aliphatic carbocycles. The third-order valence-corrected chi connectivity index (χ3v) is 4.72. The molecule has 1 atom stereocenters. The number of aliphatic hydroxyl groups is 1. The van der Waals surface area contributed by atoms with Crippen LogP contribution in [-0.4, -0.2) is 33.2 Å². The van der Waals surface area contributed by atoms with Crippen LogP contribution in [0.2, 0.25) is 0 Å². The summed E-state index contributed by atoms with van der Waals surface area (Å²) in [4.78, 5) is 2.05. The normalized spacial score (nSPS) is 20.1. The summed E-state index contributed by atoms with van der Waals surface area (Å²) in [6.45, 7) is 1.78. The first kappa shape index (κ1) is 15.1. The van der Waals surface area contributed by atoms with Gasteiger partial charge >= 0.3 is 0 Å². The van der Waals surface area contributed by atoms with Gasteiger partial charge in [0.05, 0.1) is 11.4 Å². The Kier molecular flexibility index (Phi) is 4.52. The molecule has 6 nitrogen and oxygen atoms in total. The summed E-state index contributed by atoms with van der Waals surface area (Å²) < 4.78 is 23.0. The highest BCUT2D eigenvalue weighted by atomic mass is 32.2. The fourth-order valence-corrected chi connectivity index (χ4v) is 3.44. The molecule has 0 radical (unpaired) electrons. The van der Waals surface area contributed by atoms with E-state index in [-0.39, 0.29) is 17.2 Å². The lowest BCUT2D eigenvalue weighted by Crippen LogP contribution is -2.36. The molecule has 0 saturated carbocycles. The number of sulfonamides is 1. The summed E-state index contributed by atoms with van der Waals surface area (Å²) in [5, 5.41) is 14.2. The van der Waals surface area contributed by atoms with E-state index in [4.69, 9.17) is 16.0 Å². The largest absolute Gasteiger partial charge is 0.396 e. The lowest BCUT2D eigenvalue weighted by atomic mass is 9.94. The fraction of sp³-hybridized carbons (Fsp3) is 0.538. The van der Waals surface area contributed by atoms with E-state index in [1.165, 1.54) is 6.07 Å². The highest BCUT2D eigenvalue weighted by Crippen LogP contribution is 2.32. The Labute approximate surface area is 119 Å². The third-order valence-electron chi connectivity index (χ3n) is 3.75. The molecule has 0 amide bonds. The molecule has 1 aliphatic heterocycles. The van der Waals surface area contributed by atoms with Crippen LogP contribution in [0.25, 0.3) is 0 Å². The van der Waals surface area contributed by atoms with E-state index in [9.17, 15) is 8.42 Å². The summed E-state index contributed by atoms with van der Waals surface area (Å²) in [6.07, 6.45) is 2.83. The SMILES string of the molecule is Nc1c(N2CCCC(CCO)C2)cccc1S(N)(=O)=O. The molecule has 1 fully saturated rings. The molecular weight excluding hydrogens is 278 g/mol. The lowest BCUT2D eigenvalue weighted by molar-refractivity contribution is 0.244. The number of aliphatic hydroxyl groups excluding tert-OH is 1. The van der Waals surface area contributed by atoms with Gasteiger partial charge in [-0.15, -0.1) is 0 Å². The zero-order valence-corrected chi connectivity index (χ0v) is 12.1. The number of nitrogens with zero attached hydrogens (tertiary/aromatic N) is 1. The number of benzene rings is 1. The monoisotopic (exact) mass is 299 g/mol. The molecule has 1 heterocycles. The van der Waals surface area contributed by atoms with Crippen LogP contribution in [0.5, 0.6) is 0 Å². The quantitative estimate of drug-likeness (QED) is 0.702. The van der Waals surface area contributed by atoms with Gasteiger partial charge in [0.25, 0.3) is 0 Å². The molecule has 1 aliphatic rings. The van der Waals surface area contributed by atoms with Gasteiger partial charge in [-0.05, 0) is 37.3 Å². The van der Waals surface area contributed by atoms with Crippen molar-refractivity contribution in [1.29, 1.82) is 0 Å². The molecule has 0 aromatic heterocycles. The van der Waals surface area contributed by atoms with Crippen molar-refractivity contribution in [1.82, 2.24) is 0 Å². The van der Waals surface area contributed by atoms with Gasteiger partial charge in [0.2, 0.25) is 10.0 Å². The van der Waals surface area contributed by atoms with E-state index in [2.05, 4.69) is 4.90 Å². The predicted molar refractivity (Wildman–Crippen MR) is 78.9 cm³/mol. The summed E-state index contributed by atoms with van der Waals surface area (Å²) in [7, 11) is -3.81. The van der Waals surface area contributed by atoms with Crippen molar-refractivity contribution in [2.24, 2.45) is 11.1 Å². The molecule has 7 heteroatoms. The van der Waals surface area contributed by atoms with Crippen molar-refractivity contribution in [2.75, 3.05) is 30.3 Å². The van der Waals surface area contributed by atoms with Gasteiger partial charge < -0.3 is 15.7 Å². The van der Waals surface area contributed by atoms with Crippen molar-refractivity contribution in [3.63, 3.8) is 0 Å². The van der Waals surface area contributed by atoms with Crippen molar-refractivity contribution in [3.05, 3.63) is 18.2 Å². The van der Waals surface area contributed by atoms with Crippen LogP contribution in [0.1, 0.15) is 19.3 Å². The van der Waals surface area contributed by atoms with Crippen LogP contribution in [0.4, 0.5) is 11.4 Å². The van der Waals surface area contributed by atoms with Crippen molar-refractivity contribution < 1.29 is 13.5 Å². The van der Waals surface area contributed by atoms with E-state index in [0.717, 1.165) is 32.4 Å². The molecule has 1 aromatic carbocycles. The molecule has 1 aromatic rings. The minimum atomic E-state index is -3.81. The number of piperidine rings is 1. The zero-order chi connectivity index (χ0) is 14.8. The Balaban J connectivity index is 2.29. The molecule has 1 saturated heterocycles. The second-order valence-corrected chi connectivity index (χ2v) is 6.73. The Hall–Kier alpha value is -1.31. The molecule has 1 unspecified atom stereocenters. The number of anilines is 2. The number of primary sulfonamides is 1. The lowest BCUT2D eigenvalue weighted by Gasteiger charge is -2.35. The van der Waals surface area contributed by atoms with Crippen LogP contribution in [0, 0.1) is 5.92 Å². The number of hydrogen-bond donors (Lipinski definition) is 3. The standard InChI is InChI=1S/C13H21N3O3S/c14-13-11(4-1-5-12(13)20(15,18)19)16-7-2-3-10(9-16)6-8-17/h1,4-5,10,17H,2-3,6-9,14H2,(H2,15,18,19). The van der Waals surface area contributed by atoms with Gasteiger partial charge in [-0.1, -0.05) is 6.07 Å². The van der Waals surface area contributed by atoms with Gasteiger partial charge in [-0.3, -0.25) is 0 Å². The minimum absolute atomic E-state index is 0.0284. The number of nitrogen functional groups attached to an aromatic ring is 1. The molecule has 20 heavy (non-hydrogen) atoms. The second-order valence-electron chi connectivity index (χ2n) is 5.20. The maximum absolute atomic E-state index is 11.5. The van der Waals surface area contributed by atoms with E-state index in [0.29, 0.717) is 11.6 Å². The van der Waals surface area contributed by atoms with Crippen molar-refractivity contribution >= 4 is 21.4 Å². The average molecular weight is 299 g/mol. The third kappa shape index (κ3) is 3.23. The first-order valence-electron chi connectivity index (χ1n) is 6.70. The Morgan fingerprint density at radius 2 is 2.15 bits per heavy atom. The maximum atomic E-state index is 11.5. The Morgan fingerprint density at radius 3 is 2.80 bits per heavy atom. The average Bonchev–Trinajstić information content (AvgIpc) is 2.38. The van der Waals surface area contributed by atoms with Crippen LogP contribution in [0.3, 0.4) is 0 Å². The molecular formula is C13H21N3O3S. The van der Waals surface area contributed by atoms with Crippen molar-refractivity contribution in [3.8, 4) is 0 Å². The maximum Gasteiger partial charge on any atom is 0.240 e. The van der Waals surface area contributed by atoms with Crippen LogP contribution in [-0.2, 0) is 10.0 Å². The molecule has 0 bridgehead atoms. The van der Waals surface area contributed by atoms with Gasteiger partial charge in [0, 0.05) is 19.7 Å². The number of nitrogens with two attached hydrogens (primary N) is 2. The van der Waals surface area contributed by atoms with E-state index < -0.39 is 10.0 Å². The van der Waals surface area contributed by atoms with Crippen LogP contribution in [0.15, 0.2) is 23.1 Å². The molecule has 112 valence electrons. The highest BCUT2D eigenvalue weighted by molar-refractivity contribution is 7.89. The van der Waals surface area contributed by atoms with Gasteiger partial charge in [-0.2, -0.15) is 0 Å². The smallest absolute Gasteiger partial charge is 0.240 e. The van der Waals surface area contributed by atoms with Crippen molar-refractivity contribution in [2.45, 2.75) is 24.2 Å². The van der Waals surface area contributed by atoms with Crippen LogP contribution < -0.4 is 15.8 Å². The summed E-state index contributed by atoms with van der Waals surface area (Å²) in [5.41, 5.74) is 6.89. The fourth-order valence-electron chi connectivity index (χ4n) is 2.76. The summed E-state index contributed by atoms with van der Waals surface area (Å²) in [5.74, 6) is 0.409. The number of hydrogen-bond acceptors (Lipinski definition) is 5. The van der Waals surface area contributed by atoms with E-state index in [1.807, 2.05) is 6.07 Å². The molecule has 2 rings (SSSR count). The topological polar surface area (TPSA) is 110 Å². The summed E-state index contributed by atoms with van der Waals surface area (Å²) >= 11 is 0. The van der Waals surface area contributed by atoms with Crippen LogP contribution >= 0.6 is 0 Å². The number of rotatable bonds is 4. The molecule has 5 N–H and O–H groups in total. The zero-order valence-electron chi connectivity index (χ0n) is 11.3. The number of para-hydroxylation sites is 1. The minimum Gasteiger partial charge on any atom is -0.396 e. The van der Waals surface area contributed by atoms with E-state index >= 15 is 0 Å². The van der Waals surface area contributed by atoms with Gasteiger partial charge in [0.15, 0.2) is 0 Å². The van der Waals surface area contributed by atoms with E-state index in [1.54, 1.807) is 6.07 Å². The molecule has 0 spiro atoms. The Bertz CT molecular complexity index is 572. The summed E-state index contributed by atoms with van der Waals surface area (Å²) in [6, 6.07) is 4.88.